The van der Waals surface area contributed by atoms with Gasteiger partial charge in [-0.25, -0.2) is 0 Å². The Bertz CT molecular complexity index is 1280. The molecule has 0 bridgehead atoms. The van der Waals surface area contributed by atoms with Crippen LogP contribution in [0, 0.1) is 0 Å². The monoisotopic (exact) mass is 831 g/mol. The zero-order valence-electron chi connectivity index (χ0n) is 38.4. The van der Waals surface area contributed by atoms with Crippen LogP contribution < -0.4 is 0 Å². The summed E-state index contributed by atoms with van der Waals surface area (Å²) in [4.78, 5) is 37.8. The Labute approximate surface area is 368 Å². The topological polar surface area (TPSA) is 78.9 Å². The molecule has 338 valence electrons. The Kier molecular flexibility index (Phi) is 44.6. The van der Waals surface area contributed by atoms with E-state index in [0.717, 1.165) is 128 Å². The van der Waals surface area contributed by atoms with Crippen molar-refractivity contribution < 1.29 is 28.6 Å². The molecule has 0 spiro atoms. The van der Waals surface area contributed by atoms with Crippen LogP contribution in [0.1, 0.15) is 194 Å². The van der Waals surface area contributed by atoms with E-state index in [0.29, 0.717) is 19.3 Å². The van der Waals surface area contributed by atoms with Crippen molar-refractivity contribution in [2.75, 3.05) is 13.2 Å². The normalized spacial score (nSPS) is 13.1. The number of ether oxygens (including phenoxy) is 3. The molecule has 0 heterocycles. The summed E-state index contributed by atoms with van der Waals surface area (Å²) in [5, 5.41) is 0. The van der Waals surface area contributed by atoms with Crippen LogP contribution in [0.5, 0.6) is 0 Å². The van der Waals surface area contributed by atoms with Crippen LogP contribution in [0.4, 0.5) is 0 Å². The number of hydrogen-bond donors (Lipinski definition) is 0. The molecule has 0 aromatic rings. The largest absolute Gasteiger partial charge is 0.462 e. The van der Waals surface area contributed by atoms with E-state index in [9.17, 15) is 14.4 Å². The quantitative estimate of drug-likeness (QED) is 0.0264. The van der Waals surface area contributed by atoms with Gasteiger partial charge in [-0.3, -0.25) is 14.4 Å². The van der Waals surface area contributed by atoms with E-state index >= 15 is 0 Å². The Morgan fingerprint density at radius 1 is 0.350 bits per heavy atom. The maximum absolute atomic E-state index is 12.7. The smallest absolute Gasteiger partial charge is 0.306 e. The van der Waals surface area contributed by atoms with Gasteiger partial charge in [-0.15, -0.1) is 0 Å². The summed E-state index contributed by atoms with van der Waals surface area (Å²) in [6, 6.07) is 0. The third-order valence-corrected chi connectivity index (χ3v) is 9.46. The van der Waals surface area contributed by atoms with Crippen LogP contribution in [0.2, 0.25) is 0 Å². The van der Waals surface area contributed by atoms with Crippen molar-refractivity contribution in [1.29, 1.82) is 0 Å². The molecule has 0 aliphatic rings. The number of carbonyl (C=O) groups is 3. The molecule has 0 saturated carbocycles. The lowest BCUT2D eigenvalue weighted by molar-refractivity contribution is -0.166. The number of esters is 3. The van der Waals surface area contributed by atoms with Gasteiger partial charge in [-0.2, -0.15) is 0 Å². The van der Waals surface area contributed by atoms with E-state index in [4.69, 9.17) is 14.2 Å². The zero-order valence-corrected chi connectivity index (χ0v) is 38.4. The second kappa shape index (κ2) is 47.7. The van der Waals surface area contributed by atoms with E-state index in [2.05, 4.69) is 118 Å². The molecule has 6 heteroatoms. The van der Waals surface area contributed by atoms with Gasteiger partial charge in [-0.1, -0.05) is 182 Å². The highest BCUT2D eigenvalue weighted by Crippen LogP contribution is 2.12. The highest BCUT2D eigenvalue weighted by molar-refractivity contribution is 5.71. The molecule has 0 aromatic heterocycles. The standard InChI is InChI=1S/C54H86O6/c1-4-7-10-13-16-19-22-24-25-26-27-28-29-31-32-35-38-41-44-47-53(56)59-50-51(49-58-52(55)46-43-40-37-34-21-18-15-12-9-6-3)60-54(57)48-45-42-39-36-33-30-23-20-17-14-11-8-5-2/h7,10-12,14-16,19-20,23-25,27-28,31-32,38,41,51H,4-6,8-9,13,17-18,21-22,26,29-30,33-37,39-40,42-50H2,1-3H3/b10-7-,14-11-,15-12-,19-16-,23-20-,25-24-,28-27-,32-31-,41-38-. The molecule has 1 unspecified atom stereocenters. The average Bonchev–Trinajstić information content (AvgIpc) is 3.24. The lowest BCUT2D eigenvalue weighted by Gasteiger charge is -2.18. The highest BCUT2D eigenvalue weighted by Gasteiger charge is 2.19. The van der Waals surface area contributed by atoms with Crippen molar-refractivity contribution in [2.45, 2.75) is 200 Å². The first kappa shape index (κ1) is 56.1. The molecule has 0 aliphatic carbocycles. The van der Waals surface area contributed by atoms with Crippen LogP contribution in [0.15, 0.2) is 109 Å². The summed E-state index contributed by atoms with van der Waals surface area (Å²) < 4.78 is 16.6. The molecule has 0 rings (SSSR count). The van der Waals surface area contributed by atoms with Gasteiger partial charge in [0.2, 0.25) is 0 Å². The lowest BCUT2D eigenvalue weighted by Crippen LogP contribution is -2.30. The molecule has 1 atom stereocenters. The minimum absolute atomic E-state index is 0.114. The van der Waals surface area contributed by atoms with E-state index in [-0.39, 0.29) is 37.5 Å². The number of rotatable bonds is 41. The fourth-order valence-electron chi connectivity index (χ4n) is 5.92. The molecular formula is C54H86O6. The molecule has 0 amide bonds. The first-order chi connectivity index (χ1) is 29.5. The highest BCUT2D eigenvalue weighted by atomic mass is 16.6. The van der Waals surface area contributed by atoms with Gasteiger partial charge in [0, 0.05) is 19.3 Å². The third-order valence-electron chi connectivity index (χ3n) is 9.46. The summed E-state index contributed by atoms with van der Waals surface area (Å²) in [5.74, 6) is -1.04. The Hall–Kier alpha value is -3.93. The van der Waals surface area contributed by atoms with E-state index in [1.54, 1.807) is 0 Å². The van der Waals surface area contributed by atoms with Gasteiger partial charge in [0.05, 0.1) is 0 Å². The molecule has 6 nitrogen and oxygen atoms in total. The van der Waals surface area contributed by atoms with Gasteiger partial charge in [0.1, 0.15) is 13.2 Å². The van der Waals surface area contributed by atoms with Crippen LogP contribution in [-0.4, -0.2) is 37.2 Å². The molecular weight excluding hydrogens is 745 g/mol. The predicted molar refractivity (Wildman–Crippen MR) is 256 cm³/mol. The van der Waals surface area contributed by atoms with E-state index in [1.807, 2.05) is 12.2 Å². The molecule has 0 fully saturated rings. The zero-order chi connectivity index (χ0) is 43.7. The predicted octanol–water partition coefficient (Wildman–Crippen LogP) is 15.6. The molecule has 0 saturated heterocycles. The SMILES string of the molecule is CC/C=C\C/C=C\C/C=C\C/C=C\C/C=C\C/C=C\CCC(=O)OCC(COC(=O)CCCCCCC/C=C\CCC)OC(=O)CCCCCCC/C=C\C/C=C\CCC. The number of unbranched alkanes of at least 4 members (excludes halogenated alkanes) is 12. The van der Waals surface area contributed by atoms with E-state index < -0.39 is 6.10 Å². The van der Waals surface area contributed by atoms with Crippen molar-refractivity contribution in [3.8, 4) is 0 Å². The number of allylic oxidation sites excluding steroid dienone is 18. The number of carbonyl (C=O) groups excluding carboxylic acids is 3. The minimum atomic E-state index is -0.819. The first-order valence-electron chi connectivity index (χ1n) is 23.9. The molecule has 0 radical (unpaired) electrons. The fraction of sp³-hybridized carbons (Fsp3) is 0.611. The summed E-state index contributed by atoms with van der Waals surface area (Å²) in [6.45, 7) is 6.28. The van der Waals surface area contributed by atoms with Gasteiger partial charge in [0.25, 0.3) is 0 Å². The maximum atomic E-state index is 12.7. The molecule has 0 aromatic carbocycles. The van der Waals surface area contributed by atoms with Crippen molar-refractivity contribution >= 4 is 17.9 Å². The van der Waals surface area contributed by atoms with Gasteiger partial charge in [0.15, 0.2) is 6.10 Å². The van der Waals surface area contributed by atoms with Gasteiger partial charge >= 0.3 is 17.9 Å². The summed E-state index contributed by atoms with van der Waals surface area (Å²) >= 11 is 0. The van der Waals surface area contributed by atoms with Crippen molar-refractivity contribution in [3.05, 3.63) is 109 Å². The average molecular weight is 831 g/mol. The summed E-state index contributed by atoms with van der Waals surface area (Å²) in [5.41, 5.74) is 0. The van der Waals surface area contributed by atoms with Crippen LogP contribution in [0.25, 0.3) is 0 Å². The Morgan fingerprint density at radius 3 is 1.15 bits per heavy atom. The molecule has 0 aliphatic heterocycles. The van der Waals surface area contributed by atoms with Gasteiger partial charge < -0.3 is 14.2 Å². The van der Waals surface area contributed by atoms with Crippen molar-refractivity contribution in [1.82, 2.24) is 0 Å². The third kappa shape index (κ3) is 45.2. The summed E-state index contributed by atoms with van der Waals surface area (Å²) in [6.07, 6.45) is 63.7. The van der Waals surface area contributed by atoms with E-state index in [1.165, 1.54) is 19.3 Å². The molecule has 0 N–H and O–H groups in total. The second-order valence-electron chi connectivity index (χ2n) is 15.3. The van der Waals surface area contributed by atoms with Crippen LogP contribution >= 0.6 is 0 Å². The number of hydrogen-bond acceptors (Lipinski definition) is 6. The Balaban J connectivity index is 4.52. The maximum Gasteiger partial charge on any atom is 0.306 e. The van der Waals surface area contributed by atoms with Crippen molar-refractivity contribution in [2.24, 2.45) is 0 Å². The minimum Gasteiger partial charge on any atom is -0.462 e. The van der Waals surface area contributed by atoms with Crippen LogP contribution in [0.3, 0.4) is 0 Å². The Morgan fingerprint density at radius 2 is 0.683 bits per heavy atom. The van der Waals surface area contributed by atoms with Crippen LogP contribution in [-0.2, 0) is 28.6 Å². The molecule has 60 heavy (non-hydrogen) atoms. The second-order valence-corrected chi connectivity index (χ2v) is 15.3. The fourth-order valence-corrected chi connectivity index (χ4v) is 5.92. The first-order valence-corrected chi connectivity index (χ1v) is 23.9. The van der Waals surface area contributed by atoms with Crippen molar-refractivity contribution in [3.63, 3.8) is 0 Å². The van der Waals surface area contributed by atoms with Gasteiger partial charge in [-0.05, 0) is 103 Å². The lowest BCUT2D eigenvalue weighted by atomic mass is 10.1. The summed E-state index contributed by atoms with van der Waals surface area (Å²) in [7, 11) is 0.